The van der Waals surface area contributed by atoms with E-state index in [-0.39, 0.29) is 18.5 Å². The van der Waals surface area contributed by atoms with Crippen molar-refractivity contribution in [3.05, 3.63) is 52.7 Å². The van der Waals surface area contributed by atoms with Crippen molar-refractivity contribution in [3.8, 4) is 9.88 Å². The van der Waals surface area contributed by atoms with E-state index in [4.69, 9.17) is 4.74 Å². The van der Waals surface area contributed by atoms with Crippen molar-refractivity contribution in [1.82, 2.24) is 30.1 Å². The molecule has 0 bridgehead atoms. The lowest BCUT2D eigenvalue weighted by Crippen LogP contribution is -2.49. The number of hydrogen-bond acceptors (Lipinski definition) is 10. The summed E-state index contributed by atoms with van der Waals surface area (Å²) in [6, 6.07) is 7.92. The predicted octanol–water partition coefficient (Wildman–Crippen LogP) is 4.55. The zero-order valence-corrected chi connectivity index (χ0v) is 26.0. The van der Waals surface area contributed by atoms with E-state index in [2.05, 4.69) is 25.2 Å². The zero-order valence-electron chi connectivity index (χ0n) is 24.4. The van der Waals surface area contributed by atoms with E-state index >= 15 is 0 Å². The Bertz CT molecular complexity index is 1420. The van der Waals surface area contributed by atoms with E-state index in [1.165, 1.54) is 22.9 Å². The Hall–Kier alpha value is -3.71. The van der Waals surface area contributed by atoms with E-state index in [0.717, 1.165) is 22.6 Å². The summed E-state index contributed by atoms with van der Waals surface area (Å²) in [5.41, 5.74) is 1.39. The van der Waals surface area contributed by atoms with Gasteiger partial charge in [0.15, 0.2) is 0 Å². The van der Waals surface area contributed by atoms with Crippen LogP contribution < -0.4 is 10.6 Å². The number of hydrogen-bond donors (Lipinski definition) is 2. The Morgan fingerprint density at radius 1 is 1.17 bits per heavy atom. The van der Waals surface area contributed by atoms with Gasteiger partial charge < -0.3 is 20.3 Å². The summed E-state index contributed by atoms with van der Waals surface area (Å²) >= 11 is 2.58. The average molecular weight is 613 g/mol. The molecule has 1 aromatic carbocycles. The molecule has 3 heterocycles. The lowest BCUT2D eigenvalue weighted by molar-refractivity contribution is -0.139. The summed E-state index contributed by atoms with van der Waals surface area (Å²) in [5.74, 6) is -1.75. The number of benzene rings is 1. The van der Waals surface area contributed by atoms with Gasteiger partial charge in [0.1, 0.15) is 27.7 Å². The molecule has 3 aromatic rings. The summed E-state index contributed by atoms with van der Waals surface area (Å²) < 4.78 is 9.69. The molecule has 42 heavy (non-hydrogen) atoms. The van der Waals surface area contributed by atoms with Crippen molar-refractivity contribution in [2.45, 2.75) is 72.1 Å². The Labute approximate surface area is 253 Å². The molecule has 0 aliphatic carbocycles. The van der Waals surface area contributed by atoms with Gasteiger partial charge in [0.2, 0.25) is 5.78 Å². The third-order valence-corrected chi connectivity index (χ3v) is 9.11. The fourth-order valence-corrected chi connectivity index (χ4v) is 6.34. The Balaban J connectivity index is 1.37. The molecular formula is C29H36N6O5S2. The van der Waals surface area contributed by atoms with Crippen LogP contribution in [-0.2, 0) is 14.3 Å². The summed E-state index contributed by atoms with van der Waals surface area (Å²) in [4.78, 5) is 59.1. The third-order valence-electron chi connectivity index (χ3n) is 7.29. The van der Waals surface area contributed by atoms with Crippen LogP contribution in [0.4, 0.5) is 4.79 Å². The predicted molar refractivity (Wildman–Crippen MR) is 160 cm³/mol. The van der Waals surface area contributed by atoms with Crippen LogP contribution in [0.25, 0.3) is 9.88 Å². The molecule has 3 amide bonds. The van der Waals surface area contributed by atoms with Gasteiger partial charge in [-0.05, 0) is 37.4 Å². The van der Waals surface area contributed by atoms with Crippen molar-refractivity contribution in [2.24, 2.45) is 5.41 Å². The van der Waals surface area contributed by atoms with E-state index in [9.17, 15) is 19.2 Å². The number of likely N-dealkylation sites (tertiary alicyclic amines) is 1. The first-order valence-electron chi connectivity index (χ1n) is 13.9. The number of nitrogens with one attached hydrogen (secondary N) is 2. The van der Waals surface area contributed by atoms with Crippen molar-refractivity contribution in [3.63, 3.8) is 0 Å². The summed E-state index contributed by atoms with van der Waals surface area (Å²) in [7, 11) is 0. The van der Waals surface area contributed by atoms with Crippen molar-refractivity contribution >= 4 is 46.6 Å². The zero-order chi connectivity index (χ0) is 30.4. The SMILES string of the molecule is CCCC[C@H](NC(=O)O[C@H]1CN(C(=O)c2csc(-c3snnc3C)n2)CC1(C)C)C(=O)C(=O)N[C@H](C)c1ccccc1. The fourth-order valence-electron chi connectivity index (χ4n) is 4.76. The van der Waals surface area contributed by atoms with Gasteiger partial charge in [0.05, 0.1) is 18.3 Å². The van der Waals surface area contributed by atoms with Gasteiger partial charge in [-0.1, -0.05) is 68.4 Å². The molecule has 224 valence electrons. The number of rotatable bonds is 11. The van der Waals surface area contributed by atoms with Gasteiger partial charge in [-0.3, -0.25) is 14.4 Å². The maximum absolute atomic E-state index is 13.3. The molecule has 1 aliphatic heterocycles. The topological polar surface area (TPSA) is 143 Å². The first-order valence-corrected chi connectivity index (χ1v) is 15.6. The second-order valence-electron chi connectivity index (χ2n) is 11.1. The van der Waals surface area contributed by atoms with Crippen LogP contribution in [0.3, 0.4) is 0 Å². The first-order chi connectivity index (χ1) is 20.0. The van der Waals surface area contributed by atoms with Gasteiger partial charge >= 0.3 is 6.09 Å². The van der Waals surface area contributed by atoms with Crippen LogP contribution in [0.15, 0.2) is 35.7 Å². The van der Waals surface area contributed by atoms with Crippen LogP contribution in [0.1, 0.15) is 74.7 Å². The van der Waals surface area contributed by atoms with Gasteiger partial charge in [-0.2, -0.15) is 0 Å². The van der Waals surface area contributed by atoms with E-state index in [1.807, 2.05) is 58.0 Å². The number of ketones is 1. The lowest BCUT2D eigenvalue weighted by atomic mass is 9.90. The number of thiazole rings is 1. The second kappa shape index (κ2) is 13.5. The molecular weight excluding hydrogens is 576 g/mol. The molecule has 3 atom stereocenters. The molecule has 1 aliphatic rings. The van der Waals surface area contributed by atoms with E-state index in [1.54, 1.807) is 17.2 Å². The molecule has 13 heteroatoms. The number of carbonyl (C=O) groups is 4. The largest absolute Gasteiger partial charge is 0.444 e. The number of alkyl carbamates (subject to hydrolysis) is 1. The minimum Gasteiger partial charge on any atom is -0.444 e. The van der Waals surface area contributed by atoms with Crippen molar-refractivity contribution in [1.29, 1.82) is 0 Å². The monoisotopic (exact) mass is 612 g/mol. The number of aromatic nitrogens is 3. The number of aryl methyl sites for hydroxylation is 1. The third kappa shape index (κ3) is 7.37. The minimum atomic E-state index is -1.03. The van der Waals surface area contributed by atoms with Crippen LogP contribution >= 0.6 is 22.9 Å². The highest BCUT2D eigenvalue weighted by molar-refractivity contribution is 7.18. The number of Topliss-reactive ketones (excluding diaryl/α,β-unsaturated/α-hetero) is 1. The maximum atomic E-state index is 13.3. The summed E-state index contributed by atoms with van der Waals surface area (Å²) in [5, 5.41) is 11.7. The van der Waals surface area contributed by atoms with Crippen LogP contribution in [0.2, 0.25) is 0 Å². The van der Waals surface area contributed by atoms with Crippen molar-refractivity contribution in [2.75, 3.05) is 13.1 Å². The van der Waals surface area contributed by atoms with Crippen LogP contribution in [0, 0.1) is 12.3 Å². The Kier molecular flexibility index (Phi) is 10.0. The normalized spacial score (nSPS) is 17.4. The lowest BCUT2D eigenvalue weighted by Gasteiger charge is -2.26. The van der Waals surface area contributed by atoms with Crippen molar-refractivity contribution < 1.29 is 23.9 Å². The van der Waals surface area contributed by atoms with E-state index < -0.39 is 35.3 Å². The first kappa shape index (κ1) is 31.2. The molecule has 0 radical (unpaired) electrons. The van der Waals surface area contributed by atoms with Gasteiger partial charge in [0, 0.05) is 17.3 Å². The summed E-state index contributed by atoms with van der Waals surface area (Å²) in [6.07, 6.45) is 0.303. The molecule has 11 nitrogen and oxygen atoms in total. The molecule has 0 spiro atoms. The standard InChI is InChI=1S/C29H36N6O5S2/c1-6-7-13-20(23(36)25(37)30-17(2)19-11-9-8-10-12-19)32-28(39)40-22-14-35(16-29(22,4)5)27(38)21-15-41-26(31-21)24-18(3)33-34-42-24/h8-12,15,17,20,22H,6-7,13-14,16H2,1-5H3,(H,30,37)(H,32,39)/t17-,20+,22+/m1/s1. The van der Waals surface area contributed by atoms with Crippen LogP contribution in [-0.4, -0.2) is 68.4 Å². The quantitative estimate of drug-likeness (QED) is 0.300. The van der Waals surface area contributed by atoms with Crippen LogP contribution in [0.5, 0.6) is 0 Å². The highest BCUT2D eigenvalue weighted by Crippen LogP contribution is 2.34. The molecule has 4 rings (SSSR count). The molecule has 0 saturated carbocycles. The Morgan fingerprint density at radius 2 is 1.90 bits per heavy atom. The molecule has 1 saturated heterocycles. The maximum Gasteiger partial charge on any atom is 0.408 e. The Morgan fingerprint density at radius 3 is 2.57 bits per heavy atom. The van der Waals surface area contributed by atoms with Gasteiger partial charge in [-0.25, -0.2) is 9.78 Å². The number of unbranched alkanes of at least 4 members (excludes halogenated alkanes) is 1. The number of amides is 3. The highest BCUT2D eigenvalue weighted by Gasteiger charge is 2.45. The average Bonchev–Trinajstić information content (AvgIpc) is 3.69. The molecule has 1 fully saturated rings. The summed E-state index contributed by atoms with van der Waals surface area (Å²) in [6.45, 7) is 9.96. The van der Waals surface area contributed by atoms with Gasteiger partial charge in [0.25, 0.3) is 11.8 Å². The number of ether oxygens (including phenoxy) is 1. The highest BCUT2D eigenvalue weighted by atomic mass is 32.1. The number of nitrogens with zero attached hydrogens (tertiary/aromatic N) is 4. The van der Waals surface area contributed by atoms with Gasteiger partial charge in [-0.15, -0.1) is 16.4 Å². The molecule has 2 aromatic heterocycles. The fraction of sp³-hybridized carbons (Fsp3) is 0.483. The number of carbonyl (C=O) groups excluding carboxylic acids is 4. The van der Waals surface area contributed by atoms with E-state index in [0.29, 0.717) is 30.1 Å². The smallest absolute Gasteiger partial charge is 0.408 e. The second-order valence-corrected chi connectivity index (χ2v) is 12.7. The minimum absolute atomic E-state index is 0.176. The molecule has 0 unspecified atom stereocenters. The molecule has 2 N–H and O–H groups in total.